The first kappa shape index (κ1) is 13.0. The summed E-state index contributed by atoms with van der Waals surface area (Å²) in [7, 11) is 0. The van der Waals surface area contributed by atoms with Crippen LogP contribution in [0.5, 0.6) is 0 Å². The van der Waals surface area contributed by atoms with Gasteiger partial charge in [0.25, 0.3) is 0 Å². The maximum absolute atomic E-state index is 14.2. The number of Topliss-reactive ketones (excluding diaryl/α,β-unsaturated/α-hetero) is 1. The van der Waals surface area contributed by atoms with Crippen molar-refractivity contribution in [2.24, 2.45) is 0 Å². The van der Waals surface area contributed by atoms with Gasteiger partial charge in [0.2, 0.25) is 0 Å². The summed E-state index contributed by atoms with van der Waals surface area (Å²) >= 11 is 0. The smallest absolute Gasteiger partial charge is 0.173 e. The molecule has 0 N–H and O–H groups in total. The Balaban J connectivity index is 2.02. The molecule has 102 valence electrons. The number of rotatable bonds is 2. The Labute approximate surface area is 118 Å². The van der Waals surface area contributed by atoms with Crippen molar-refractivity contribution in [2.75, 3.05) is 0 Å². The summed E-state index contributed by atoms with van der Waals surface area (Å²) in [6.07, 6.45) is 2.81. The van der Waals surface area contributed by atoms with Crippen molar-refractivity contribution in [3.05, 3.63) is 70.5 Å². The molecular weight excluding hydrogens is 251 g/mol. The van der Waals surface area contributed by atoms with Gasteiger partial charge in [0, 0.05) is 5.92 Å². The summed E-state index contributed by atoms with van der Waals surface area (Å²) in [5.41, 5.74) is 3.06. The third kappa shape index (κ3) is 2.15. The van der Waals surface area contributed by atoms with E-state index in [4.69, 9.17) is 0 Å². The van der Waals surface area contributed by atoms with Crippen LogP contribution in [-0.2, 0) is 6.42 Å². The van der Waals surface area contributed by atoms with Crippen molar-refractivity contribution in [2.45, 2.75) is 32.1 Å². The molecule has 0 spiro atoms. The average Bonchev–Trinajstić information content (AvgIpc) is 2.49. The molecule has 1 aliphatic carbocycles. The molecule has 0 fully saturated rings. The number of ketones is 1. The Hall–Kier alpha value is -1.96. The number of halogens is 1. The van der Waals surface area contributed by atoms with Gasteiger partial charge in [-0.1, -0.05) is 36.4 Å². The highest BCUT2D eigenvalue weighted by Crippen LogP contribution is 2.34. The number of carbonyl (C=O) groups is 1. The van der Waals surface area contributed by atoms with E-state index in [1.807, 2.05) is 18.2 Å². The number of aryl methyl sites for hydroxylation is 2. The standard InChI is InChI=1S/C18H17FO/c1-12-6-4-11-16(17(12)19)18(20)15-10-5-8-13-7-2-3-9-14(13)15/h2-4,6-7,9,11,15H,5,8,10H2,1H3. The molecule has 1 nitrogen and oxygen atoms in total. The fourth-order valence-corrected chi connectivity index (χ4v) is 3.05. The van der Waals surface area contributed by atoms with Gasteiger partial charge in [-0.25, -0.2) is 4.39 Å². The molecule has 0 bridgehead atoms. The summed E-state index contributed by atoms with van der Waals surface area (Å²) in [6.45, 7) is 1.70. The number of hydrogen-bond donors (Lipinski definition) is 0. The van der Waals surface area contributed by atoms with Crippen LogP contribution in [0.4, 0.5) is 4.39 Å². The predicted octanol–water partition coefficient (Wildman–Crippen LogP) is 4.44. The van der Waals surface area contributed by atoms with Gasteiger partial charge < -0.3 is 0 Å². The van der Waals surface area contributed by atoms with E-state index in [1.54, 1.807) is 25.1 Å². The van der Waals surface area contributed by atoms with Crippen LogP contribution in [0.25, 0.3) is 0 Å². The lowest BCUT2D eigenvalue weighted by Crippen LogP contribution is -2.20. The third-order valence-corrected chi connectivity index (χ3v) is 4.14. The van der Waals surface area contributed by atoms with Crippen LogP contribution in [0.3, 0.4) is 0 Å². The molecule has 2 heteroatoms. The molecule has 0 amide bonds. The van der Waals surface area contributed by atoms with E-state index in [9.17, 15) is 9.18 Å². The zero-order chi connectivity index (χ0) is 14.1. The Morgan fingerprint density at radius 3 is 2.80 bits per heavy atom. The lowest BCUT2D eigenvalue weighted by atomic mass is 9.78. The quantitative estimate of drug-likeness (QED) is 0.736. The van der Waals surface area contributed by atoms with Gasteiger partial charge in [-0.2, -0.15) is 0 Å². The van der Waals surface area contributed by atoms with E-state index in [2.05, 4.69) is 6.07 Å². The summed E-state index contributed by atoms with van der Waals surface area (Å²) in [6, 6.07) is 13.1. The predicted molar refractivity (Wildman–Crippen MR) is 77.6 cm³/mol. The maximum atomic E-state index is 14.2. The van der Waals surface area contributed by atoms with Crippen molar-refractivity contribution >= 4 is 5.78 Å². The fraction of sp³-hybridized carbons (Fsp3) is 0.278. The van der Waals surface area contributed by atoms with Crippen molar-refractivity contribution in [1.82, 2.24) is 0 Å². The second kappa shape index (κ2) is 5.20. The van der Waals surface area contributed by atoms with Gasteiger partial charge in [0.05, 0.1) is 5.56 Å². The molecule has 0 saturated heterocycles. The largest absolute Gasteiger partial charge is 0.293 e. The van der Waals surface area contributed by atoms with E-state index in [1.165, 1.54) is 5.56 Å². The first-order valence-electron chi connectivity index (χ1n) is 7.05. The third-order valence-electron chi connectivity index (χ3n) is 4.14. The lowest BCUT2D eigenvalue weighted by molar-refractivity contribution is 0.0946. The van der Waals surface area contributed by atoms with Crippen molar-refractivity contribution in [1.29, 1.82) is 0 Å². The van der Waals surface area contributed by atoms with Gasteiger partial charge in [0.15, 0.2) is 5.78 Å². The first-order valence-corrected chi connectivity index (χ1v) is 7.05. The van der Waals surface area contributed by atoms with Gasteiger partial charge >= 0.3 is 0 Å². The highest BCUT2D eigenvalue weighted by Gasteiger charge is 2.28. The van der Waals surface area contributed by atoms with Crippen LogP contribution in [0.15, 0.2) is 42.5 Å². The van der Waals surface area contributed by atoms with Crippen LogP contribution in [0, 0.1) is 12.7 Å². The summed E-state index contributed by atoms with van der Waals surface area (Å²) < 4.78 is 14.2. The van der Waals surface area contributed by atoms with Gasteiger partial charge in [-0.3, -0.25) is 4.79 Å². The lowest BCUT2D eigenvalue weighted by Gasteiger charge is -2.24. The molecule has 1 aliphatic rings. The monoisotopic (exact) mass is 268 g/mol. The van der Waals surface area contributed by atoms with Crippen LogP contribution < -0.4 is 0 Å². The van der Waals surface area contributed by atoms with E-state index >= 15 is 0 Å². The molecule has 0 heterocycles. The number of benzene rings is 2. The Kier molecular flexibility index (Phi) is 3.39. The van der Waals surface area contributed by atoms with Gasteiger partial charge in [-0.05, 0) is 48.9 Å². The fourth-order valence-electron chi connectivity index (χ4n) is 3.05. The molecule has 0 radical (unpaired) electrons. The van der Waals surface area contributed by atoms with E-state index in [0.717, 1.165) is 24.8 Å². The molecule has 0 saturated carbocycles. The van der Waals surface area contributed by atoms with E-state index in [0.29, 0.717) is 5.56 Å². The molecule has 20 heavy (non-hydrogen) atoms. The van der Waals surface area contributed by atoms with Crippen molar-refractivity contribution < 1.29 is 9.18 Å². The second-order valence-corrected chi connectivity index (χ2v) is 5.44. The molecule has 2 aromatic rings. The number of fused-ring (bicyclic) bond motifs is 1. The SMILES string of the molecule is Cc1cccc(C(=O)C2CCCc3ccccc32)c1F. The number of carbonyl (C=O) groups excluding carboxylic acids is 1. The molecule has 3 rings (SSSR count). The summed E-state index contributed by atoms with van der Waals surface area (Å²) in [4.78, 5) is 12.7. The summed E-state index contributed by atoms with van der Waals surface area (Å²) in [5, 5.41) is 0. The molecule has 1 unspecified atom stereocenters. The van der Waals surface area contributed by atoms with Crippen LogP contribution >= 0.6 is 0 Å². The molecular formula is C18H17FO. The Morgan fingerprint density at radius 2 is 1.95 bits per heavy atom. The minimum atomic E-state index is -0.374. The van der Waals surface area contributed by atoms with Gasteiger partial charge in [-0.15, -0.1) is 0 Å². The van der Waals surface area contributed by atoms with Gasteiger partial charge in [0.1, 0.15) is 5.82 Å². The highest BCUT2D eigenvalue weighted by atomic mass is 19.1. The molecule has 0 aromatic heterocycles. The van der Waals surface area contributed by atoms with Crippen LogP contribution in [0.1, 0.15) is 45.8 Å². The zero-order valence-corrected chi connectivity index (χ0v) is 11.5. The van der Waals surface area contributed by atoms with Crippen molar-refractivity contribution in [3.8, 4) is 0 Å². The van der Waals surface area contributed by atoms with E-state index in [-0.39, 0.29) is 23.1 Å². The minimum absolute atomic E-state index is 0.0849. The zero-order valence-electron chi connectivity index (χ0n) is 11.5. The molecule has 2 aromatic carbocycles. The first-order chi connectivity index (χ1) is 9.68. The minimum Gasteiger partial charge on any atom is -0.293 e. The van der Waals surface area contributed by atoms with Crippen LogP contribution in [-0.4, -0.2) is 5.78 Å². The highest BCUT2D eigenvalue weighted by molar-refractivity contribution is 6.01. The Bertz CT molecular complexity index is 660. The normalized spacial score (nSPS) is 17.6. The second-order valence-electron chi connectivity index (χ2n) is 5.44. The maximum Gasteiger partial charge on any atom is 0.173 e. The number of hydrogen-bond acceptors (Lipinski definition) is 1. The molecule has 0 aliphatic heterocycles. The van der Waals surface area contributed by atoms with Crippen molar-refractivity contribution in [3.63, 3.8) is 0 Å². The van der Waals surface area contributed by atoms with E-state index < -0.39 is 0 Å². The Morgan fingerprint density at radius 1 is 1.15 bits per heavy atom. The van der Waals surface area contributed by atoms with Crippen LogP contribution in [0.2, 0.25) is 0 Å². The average molecular weight is 268 g/mol. The summed E-state index contributed by atoms with van der Waals surface area (Å²) in [5.74, 6) is -0.657. The topological polar surface area (TPSA) is 17.1 Å². The molecule has 1 atom stereocenters.